The lowest BCUT2D eigenvalue weighted by Crippen LogP contribution is -2.20. The quantitative estimate of drug-likeness (QED) is 0.544. The number of nitrogens with zero attached hydrogens (tertiary/aromatic N) is 3. The third-order valence-electron chi connectivity index (χ3n) is 3.99. The summed E-state index contributed by atoms with van der Waals surface area (Å²) >= 11 is 6.04. The summed E-state index contributed by atoms with van der Waals surface area (Å²) in [5.74, 6) is -0.216. The van der Waals surface area contributed by atoms with Crippen LogP contribution in [0, 0.1) is 10.1 Å². The highest BCUT2D eigenvalue weighted by atomic mass is 35.5. The van der Waals surface area contributed by atoms with Crippen LogP contribution in [0.15, 0.2) is 48.7 Å². The van der Waals surface area contributed by atoms with Gasteiger partial charge in [-0.3, -0.25) is 14.9 Å². The maximum absolute atomic E-state index is 12.5. The molecule has 1 N–H and O–H groups in total. The first kappa shape index (κ1) is 17.8. The summed E-state index contributed by atoms with van der Waals surface area (Å²) in [7, 11) is 3.76. The number of carbonyl (C=O) groups is 1. The summed E-state index contributed by atoms with van der Waals surface area (Å²) in [4.78, 5) is 24.8. The van der Waals surface area contributed by atoms with Gasteiger partial charge in [-0.25, -0.2) is 0 Å². The highest BCUT2D eigenvalue weighted by molar-refractivity contribution is 6.31. The molecule has 3 aromatic rings. The van der Waals surface area contributed by atoms with Gasteiger partial charge in [0.25, 0.3) is 5.69 Å². The van der Waals surface area contributed by atoms with Crippen molar-refractivity contribution in [3.8, 4) is 0 Å². The third kappa shape index (κ3) is 3.62. The number of hydrogen-bond acceptors (Lipinski definition) is 4. The van der Waals surface area contributed by atoms with Crippen molar-refractivity contribution in [3.05, 3.63) is 63.8 Å². The zero-order valence-corrected chi connectivity index (χ0v) is 15.0. The second kappa shape index (κ2) is 7.05. The van der Waals surface area contributed by atoms with Crippen LogP contribution < -0.4 is 10.2 Å². The molecule has 1 amide bonds. The molecule has 8 heteroatoms. The average Bonchev–Trinajstić information content (AvgIpc) is 2.96. The summed E-state index contributed by atoms with van der Waals surface area (Å²) in [6.07, 6.45) is 1.73. The minimum absolute atomic E-state index is 0.0225. The molecular formula is C18H17ClN4O3. The minimum Gasteiger partial charge on any atom is -0.376 e. The Hall–Kier alpha value is -3.06. The predicted octanol–water partition coefficient (Wildman–Crippen LogP) is 3.91. The lowest BCUT2D eigenvalue weighted by molar-refractivity contribution is -0.384. The number of amides is 1. The van der Waals surface area contributed by atoms with Gasteiger partial charge in [-0.15, -0.1) is 0 Å². The predicted molar refractivity (Wildman–Crippen MR) is 103 cm³/mol. The Balaban J connectivity index is 1.82. The number of nitrogens with one attached hydrogen (secondary N) is 1. The van der Waals surface area contributed by atoms with Gasteiger partial charge in [-0.1, -0.05) is 11.6 Å². The molecule has 1 heterocycles. The number of nitro benzene ring substituents is 1. The number of hydrogen-bond donors (Lipinski definition) is 1. The van der Waals surface area contributed by atoms with Gasteiger partial charge in [-0.2, -0.15) is 0 Å². The number of nitro groups is 1. The van der Waals surface area contributed by atoms with Crippen LogP contribution in [-0.2, 0) is 11.3 Å². The molecule has 1 aromatic heterocycles. The van der Waals surface area contributed by atoms with Crippen molar-refractivity contribution in [2.45, 2.75) is 6.54 Å². The number of fused-ring (bicyclic) bond motifs is 1. The maximum atomic E-state index is 12.5. The summed E-state index contributed by atoms with van der Waals surface area (Å²) in [5, 5.41) is 15.0. The van der Waals surface area contributed by atoms with Crippen LogP contribution in [0.1, 0.15) is 0 Å². The molecule has 0 aliphatic heterocycles. The highest BCUT2D eigenvalue weighted by Crippen LogP contribution is 2.28. The van der Waals surface area contributed by atoms with Crippen molar-refractivity contribution < 1.29 is 9.72 Å². The summed E-state index contributed by atoms with van der Waals surface area (Å²) in [6, 6.07) is 11.6. The van der Waals surface area contributed by atoms with Crippen LogP contribution in [0.25, 0.3) is 10.9 Å². The van der Waals surface area contributed by atoms with E-state index in [4.69, 9.17) is 11.6 Å². The largest absolute Gasteiger partial charge is 0.376 e. The molecule has 26 heavy (non-hydrogen) atoms. The van der Waals surface area contributed by atoms with E-state index in [0.717, 1.165) is 11.2 Å². The first-order valence-electron chi connectivity index (χ1n) is 7.85. The average molecular weight is 373 g/mol. The van der Waals surface area contributed by atoms with E-state index in [1.54, 1.807) is 35.0 Å². The number of non-ortho nitro benzene ring substituents is 1. The first-order valence-corrected chi connectivity index (χ1v) is 8.23. The van der Waals surface area contributed by atoms with E-state index in [0.29, 0.717) is 16.1 Å². The standard InChI is InChI=1S/C18H17ClN4O3/c1-21(2)17-5-3-13(19)10-15(17)20-18(24)11-22-8-7-12-9-14(23(25)26)4-6-16(12)22/h3-10H,11H2,1-2H3,(H,20,24). The molecule has 0 saturated carbocycles. The van der Waals surface area contributed by atoms with Crippen LogP contribution >= 0.6 is 11.6 Å². The lowest BCUT2D eigenvalue weighted by atomic mass is 10.2. The summed E-state index contributed by atoms with van der Waals surface area (Å²) in [5.41, 5.74) is 2.24. The van der Waals surface area contributed by atoms with Gasteiger partial charge >= 0.3 is 0 Å². The minimum atomic E-state index is -0.439. The summed E-state index contributed by atoms with van der Waals surface area (Å²) < 4.78 is 1.74. The molecule has 0 fully saturated rings. The van der Waals surface area contributed by atoms with E-state index in [2.05, 4.69) is 5.32 Å². The number of benzene rings is 2. The molecule has 0 unspecified atom stereocenters. The van der Waals surface area contributed by atoms with Crippen LogP contribution in [0.4, 0.5) is 17.1 Å². The monoisotopic (exact) mass is 372 g/mol. The molecule has 0 atom stereocenters. The Morgan fingerprint density at radius 1 is 1.23 bits per heavy atom. The van der Waals surface area contributed by atoms with E-state index in [1.165, 1.54) is 12.1 Å². The number of rotatable bonds is 5. The summed E-state index contributed by atoms with van der Waals surface area (Å²) in [6.45, 7) is 0.0840. The molecule has 3 rings (SSSR count). The van der Waals surface area contributed by atoms with Gasteiger partial charge in [0.1, 0.15) is 6.54 Å². The molecule has 7 nitrogen and oxygen atoms in total. The van der Waals surface area contributed by atoms with Crippen LogP contribution in [-0.4, -0.2) is 29.5 Å². The fraction of sp³-hybridized carbons (Fsp3) is 0.167. The van der Waals surface area contributed by atoms with Gasteiger partial charge in [0.2, 0.25) is 5.91 Å². The lowest BCUT2D eigenvalue weighted by Gasteiger charge is -2.18. The molecular weight excluding hydrogens is 356 g/mol. The zero-order valence-electron chi connectivity index (χ0n) is 14.3. The normalized spacial score (nSPS) is 10.7. The van der Waals surface area contributed by atoms with E-state index in [1.807, 2.05) is 25.1 Å². The van der Waals surface area contributed by atoms with E-state index < -0.39 is 4.92 Å². The van der Waals surface area contributed by atoms with Gasteiger partial charge in [-0.05, 0) is 30.3 Å². The fourth-order valence-electron chi connectivity index (χ4n) is 2.78. The van der Waals surface area contributed by atoms with Crippen LogP contribution in [0.2, 0.25) is 5.02 Å². The Kier molecular flexibility index (Phi) is 4.81. The molecule has 134 valence electrons. The SMILES string of the molecule is CN(C)c1ccc(Cl)cc1NC(=O)Cn1ccc2cc([N+](=O)[O-])ccc21. The topological polar surface area (TPSA) is 80.4 Å². The molecule has 0 radical (unpaired) electrons. The maximum Gasteiger partial charge on any atom is 0.270 e. The molecule has 0 saturated heterocycles. The van der Waals surface area contributed by atoms with Crippen LogP contribution in [0.3, 0.4) is 0 Å². The van der Waals surface area contributed by atoms with Crippen molar-refractivity contribution in [1.29, 1.82) is 0 Å². The first-order chi connectivity index (χ1) is 12.3. The number of aromatic nitrogens is 1. The second-order valence-corrected chi connectivity index (χ2v) is 6.48. The Morgan fingerprint density at radius 2 is 2.00 bits per heavy atom. The second-order valence-electron chi connectivity index (χ2n) is 6.05. The molecule has 0 bridgehead atoms. The fourth-order valence-corrected chi connectivity index (χ4v) is 2.95. The van der Waals surface area contributed by atoms with E-state index >= 15 is 0 Å². The molecule has 0 spiro atoms. The smallest absolute Gasteiger partial charge is 0.270 e. The van der Waals surface area contributed by atoms with Crippen molar-refractivity contribution in [1.82, 2.24) is 4.57 Å². The number of carbonyl (C=O) groups excluding carboxylic acids is 1. The molecule has 2 aromatic carbocycles. The highest BCUT2D eigenvalue weighted by Gasteiger charge is 2.13. The third-order valence-corrected chi connectivity index (χ3v) is 4.23. The van der Waals surface area contributed by atoms with Crippen LogP contribution in [0.5, 0.6) is 0 Å². The van der Waals surface area contributed by atoms with Crippen molar-refractivity contribution in [3.63, 3.8) is 0 Å². The van der Waals surface area contributed by atoms with E-state index in [9.17, 15) is 14.9 Å². The van der Waals surface area contributed by atoms with Crippen molar-refractivity contribution in [2.24, 2.45) is 0 Å². The van der Waals surface area contributed by atoms with Gasteiger partial charge in [0, 0.05) is 48.4 Å². The van der Waals surface area contributed by atoms with Gasteiger partial charge < -0.3 is 14.8 Å². The Bertz CT molecular complexity index is 997. The van der Waals surface area contributed by atoms with Crippen molar-refractivity contribution in [2.75, 3.05) is 24.3 Å². The Labute approximate surface area is 154 Å². The molecule has 0 aliphatic rings. The van der Waals surface area contributed by atoms with Gasteiger partial charge in [0.15, 0.2) is 0 Å². The van der Waals surface area contributed by atoms with Gasteiger partial charge in [0.05, 0.1) is 16.3 Å². The number of anilines is 2. The van der Waals surface area contributed by atoms with Crippen molar-refractivity contribution >= 4 is 45.5 Å². The zero-order chi connectivity index (χ0) is 18.8. The van der Waals surface area contributed by atoms with E-state index in [-0.39, 0.29) is 18.1 Å². The Morgan fingerprint density at radius 3 is 2.69 bits per heavy atom. The number of halogens is 1. The molecule has 0 aliphatic carbocycles.